The van der Waals surface area contributed by atoms with Crippen molar-refractivity contribution >= 4 is 33.9 Å². The van der Waals surface area contributed by atoms with Crippen LogP contribution in [0.3, 0.4) is 0 Å². The van der Waals surface area contributed by atoms with Gasteiger partial charge in [0.2, 0.25) is 0 Å². The molecule has 8 heteroatoms. The third-order valence-electron chi connectivity index (χ3n) is 6.68. The second-order valence-corrected chi connectivity index (χ2v) is 8.71. The van der Waals surface area contributed by atoms with Crippen molar-refractivity contribution in [3.63, 3.8) is 0 Å². The number of fused-ring (bicyclic) bond motifs is 1. The van der Waals surface area contributed by atoms with E-state index in [9.17, 15) is 4.79 Å². The van der Waals surface area contributed by atoms with Gasteiger partial charge in [-0.3, -0.25) is 4.79 Å². The second kappa shape index (κ2) is 10.7. The number of methoxy groups -OCH3 is 3. The molecule has 0 saturated carbocycles. The maximum absolute atomic E-state index is 13.3. The summed E-state index contributed by atoms with van der Waals surface area (Å²) in [6.07, 6.45) is 1.66. The van der Waals surface area contributed by atoms with Crippen molar-refractivity contribution in [2.75, 3.05) is 62.6 Å². The highest BCUT2D eigenvalue weighted by molar-refractivity contribution is 6.14. The average molecular weight is 499 g/mol. The van der Waals surface area contributed by atoms with E-state index >= 15 is 0 Å². The molecule has 190 valence electrons. The molecule has 1 aromatic heterocycles. The molecule has 1 aliphatic heterocycles. The number of carbonyl (C=O) groups excluding carboxylic acids is 1. The highest BCUT2D eigenvalue weighted by Gasteiger charge is 2.23. The molecule has 0 spiro atoms. The van der Waals surface area contributed by atoms with Crippen molar-refractivity contribution in [1.82, 2.24) is 4.98 Å². The molecule has 0 radical (unpaired) electrons. The van der Waals surface area contributed by atoms with Crippen molar-refractivity contribution in [3.8, 4) is 17.2 Å². The maximum Gasteiger partial charge on any atom is 0.257 e. The van der Waals surface area contributed by atoms with Crippen molar-refractivity contribution in [2.45, 2.75) is 0 Å². The summed E-state index contributed by atoms with van der Waals surface area (Å²) < 4.78 is 16.2. The lowest BCUT2D eigenvalue weighted by Gasteiger charge is -2.37. The smallest absolute Gasteiger partial charge is 0.257 e. The number of benzene rings is 3. The summed E-state index contributed by atoms with van der Waals surface area (Å²) in [5, 5.41) is 4.76. The molecule has 8 nitrogen and oxygen atoms in total. The van der Waals surface area contributed by atoms with E-state index in [0.29, 0.717) is 22.7 Å². The molecule has 0 aliphatic carbocycles. The zero-order valence-electron chi connectivity index (χ0n) is 21.2. The molecule has 1 fully saturated rings. The van der Waals surface area contributed by atoms with Gasteiger partial charge in [-0.15, -0.1) is 0 Å². The van der Waals surface area contributed by atoms with Gasteiger partial charge in [0.05, 0.1) is 38.3 Å². The van der Waals surface area contributed by atoms with Gasteiger partial charge in [0, 0.05) is 43.8 Å². The molecule has 5 rings (SSSR count). The number of amides is 1. The second-order valence-electron chi connectivity index (χ2n) is 8.71. The Kier molecular flexibility index (Phi) is 6.98. The Morgan fingerprint density at radius 3 is 2.19 bits per heavy atom. The monoisotopic (exact) mass is 498 g/mol. The molecule has 37 heavy (non-hydrogen) atoms. The Morgan fingerprint density at radius 2 is 1.46 bits per heavy atom. The van der Waals surface area contributed by atoms with Crippen LogP contribution in [0.5, 0.6) is 17.2 Å². The van der Waals surface area contributed by atoms with Crippen molar-refractivity contribution in [2.24, 2.45) is 0 Å². The largest absolute Gasteiger partial charge is 0.497 e. The predicted octanol–water partition coefficient (Wildman–Crippen LogP) is 4.84. The summed E-state index contributed by atoms with van der Waals surface area (Å²) in [4.78, 5) is 22.7. The SMILES string of the molecule is COc1ccc(NC(=O)c2cnc(N3CCN(c4ccccc4OC)CC3)c3ccccc23)c(OC)c1. The van der Waals surface area contributed by atoms with Crippen LogP contribution in [0.15, 0.2) is 72.9 Å². The van der Waals surface area contributed by atoms with Crippen LogP contribution in [0.1, 0.15) is 10.4 Å². The van der Waals surface area contributed by atoms with Crippen LogP contribution in [0.25, 0.3) is 10.8 Å². The van der Waals surface area contributed by atoms with E-state index < -0.39 is 0 Å². The minimum absolute atomic E-state index is 0.250. The average Bonchev–Trinajstić information content (AvgIpc) is 2.96. The standard InChI is InChI=1S/C29H30N4O4/c1-35-20-12-13-24(27(18-20)37-3)31-29(34)23-19-30-28(22-9-5-4-8-21(22)23)33-16-14-32(15-17-33)25-10-6-7-11-26(25)36-2/h4-13,18-19H,14-17H2,1-3H3,(H,31,34). The number of piperazine rings is 1. The minimum Gasteiger partial charge on any atom is -0.497 e. The van der Waals surface area contributed by atoms with Crippen LogP contribution in [0, 0.1) is 0 Å². The first-order valence-electron chi connectivity index (χ1n) is 12.2. The number of carbonyl (C=O) groups is 1. The lowest BCUT2D eigenvalue weighted by Crippen LogP contribution is -2.47. The Labute approximate surface area is 216 Å². The van der Waals surface area contributed by atoms with E-state index in [1.165, 1.54) is 0 Å². The number of anilines is 3. The van der Waals surface area contributed by atoms with E-state index in [1.807, 2.05) is 42.5 Å². The van der Waals surface area contributed by atoms with Crippen LogP contribution >= 0.6 is 0 Å². The molecule has 4 aromatic rings. The number of hydrogen-bond donors (Lipinski definition) is 1. The molecule has 0 atom stereocenters. The van der Waals surface area contributed by atoms with E-state index in [4.69, 9.17) is 19.2 Å². The fraction of sp³-hybridized carbons (Fsp3) is 0.241. The lowest BCUT2D eigenvalue weighted by molar-refractivity contribution is 0.102. The van der Waals surface area contributed by atoms with Gasteiger partial charge in [-0.1, -0.05) is 36.4 Å². The first kappa shape index (κ1) is 24.2. The summed E-state index contributed by atoms with van der Waals surface area (Å²) >= 11 is 0. The Balaban J connectivity index is 1.38. The normalized spacial score (nSPS) is 13.4. The van der Waals surface area contributed by atoms with Gasteiger partial charge in [-0.05, 0) is 29.7 Å². The van der Waals surface area contributed by atoms with Crippen molar-refractivity contribution in [1.29, 1.82) is 0 Å². The molecular weight excluding hydrogens is 468 g/mol. The summed E-state index contributed by atoms with van der Waals surface area (Å²) in [6, 6.07) is 21.3. The van der Waals surface area contributed by atoms with Crippen molar-refractivity contribution in [3.05, 3.63) is 78.5 Å². The zero-order valence-corrected chi connectivity index (χ0v) is 21.2. The fourth-order valence-electron chi connectivity index (χ4n) is 4.75. The van der Waals surface area contributed by atoms with E-state index in [1.54, 1.807) is 45.7 Å². The topological polar surface area (TPSA) is 76.2 Å². The molecular formula is C29H30N4O4. The molecule has 1 aliphatic rings. The number of para-hydroxylation sites is 2. The minimum atomic E-state index is -0.250. The third kappa shape index (κ3) is 4.82. The van der Waals surface area contributed by atoms with Crippen LogP contribution in [-0.4, -0.2) is 58.4 Å². The molecule has 0 bridgehead atoms. The van der Waals surface area contributed by atoms with Gasteiger partial charge < -0.3 is 29.3 Å². The molecule has 1 amide bonds. The van der Waals surface area contributed by atoms with Gasteiger partial charge in [-0.25, -0.2) is 4.98 Å². The number of hydrogen-bond acceptors (Lipinski definition) is 7. The van der Waals surface area contributed by atoms with Crippen LogP contribution in [0.4, 0.5) is 17.2 Å². The van der Waals surface area contributed by atoms with Crippen LogP contribution in [-0.2, 0) is 0 Å². The number of nitrogens with zero attached hydrogens (tertiary/aromatic N) is 3. The zero-order chi connectivity index (χ0) is 25.8. The maximum atomic E-state index is 13.3. The number of nitrogens with one attached hydrogen (secondary N) is 1. The van der Waals surface area contributed by atoms with Gasteiger partial charge in [0.1, 0.15) is 23.1 Å². The molecule has 3 aromatic carbocycles. The van der Waals surface area contributed by atoms with Gasteiger partial charge in [0.15, 0.2) is 0 Å². The summed E-state index contributed by atoms with van der Waals surface area (Å²) in [6.45, 7) is 3.30. The number of pyridine rings is 1. The Morgan fingerprint density at radius 1 is 0.784 bits per heavy atom. The molecule has 1 saturated heterocycles. The van der Waals surface area contributed by atoms with Crippen LogP contribution in [0.2, 0.25) is 0 Å². The van der Waals surface area contributed by atoms with Crippen molar-refractivity contribution < 1.29 is 19.0 Å². The van der Waals surface area contributed by atoms with E-state index in [0.717, 1.165) is 54.2 Å². The molecule has 1 N–H and O–H groups in total. The summed E-state index contributed by atoms with van der Waals surface area (Å²) in [5.41, 5.74) is 2.17. The highest BCUT2D eigenvalue weighted by Crippen LogP contribution is 2.33. The predicted molar refractivity (Wildman–Crippen MR) is 147 cm³/mol. The van der Waals surface area contributed by atoms with Gasteiger partial charge in [-0.2, -0.15) is 0 Å². The molecule has 2 heterocycles. The fourth-order valence-corrected chi connectivity index (χ4v) is 4.75. The number of aromatic nitrogens is 1. The first-order valence-corrected chi connectivity index (χ1v) is 12.2. The van der Waals surface area contributed by atoms with Gasteiger partial charge >= 0.3 is 0 Å². The molecule has 0 unspecified atom stereocenters. The summed E-state index contributed by atoms with van der Waals surface area (Å²) in [7, 11) is 4.85. The number of ether oxygens (including phenoxy) is 3. The Hall–Kier alpha value is -4.46. The quantitative estimate of drug-likeness (QED) is 0.391. The number of rotatable bonds is 7. The third-order valence-corrected chi connectivity index (χ3v) is 6.68. The lowest BCUT2D eigenvalue weighted by atomic mass is 10.1. The Bertz CT molecular complexity index is 1420. The van der Waals surface area contributed by atoms with E-state index in [-0.39, 0.29) is 5.91 Å². The van der Waals surface area contributed by atoms with Crippen LogP contribution < -0.4 is 29.3 Å². The van der Waals surface area contributed by atoms with E-state index in [2.05, 4.69) is 21.2 Å². The first-order chi connectivity index (χ1) is 18.1. The van der Waals surface area contributed by atoms with Gasteiger partial charge in [0.25, 0.3) is 5.91 Å². The summed E-state index contributed by atoms with van der Waals surface area (Å²) in [5.74, 6) is 2.68. The highest BCUT2D eigenvalue weighted by atomic mass is 16.5.